The molecule has 4 nitrogen and oxygen atoms in total. The minimum Gasteiger partial charge on any atom is -0.481 e. The molecule has 104 valence electrons. The summed E-state index contributed by atoms with van der Waals surface area (Å²) in [7, 11) is 0. The number of carbonyl (C=O) groups excluding carboxylic acids is 1. The van der Waals surface area contributed by atoms with Crippen molar-refractivity contribution in [2.24, 2.45) is 23.7 Å². The SMILES string of the molecule is CCC1C[C@H](C(=O)NC(C)C(C)C)[C@H](C(=O)O)C1. The third-order valence-corrected chi connectivity index (χ3v) is 4.26. The molecule has 2 N–H and O–H groups in total. The van der Waals surface area contributed by atoms with Crippen molar-refractivity contribution < 1.29 is 14.7 Å². The number of aliphatic carboxylic acids is 1. The van der Waals surface area contributed by atoms with Crippen molar-refractivity contribution >= 4 is 11.9 Å². The summed E-state index contributed by atoms with van der Waals surface area (Å²) < 4.78 is 0. The molecule has 0 bridgehead atoms. The fraction of sp³-hybridized carbons (Fsp3) is 0.857. The smallest absolute Gasteiger partial charge is 0.307 e. The van der Waals surface area contributed by atoms with Crippen molar-refractivity contribution in [3.8, 4) is 0 Å². The van der Waals surface area contributed by atoms with Crippen molar-refractivity contribution in [2.45, 2.75) is 53.0 Å². The van der Waals surface area contributed by atoms with Gasteiger partial charge in [-0.05, 0) is 31.6 Å². The quantitative estimate of drug-likeness (QED) is 0.792. The first-order valence-corrected chi connectivity index (χ1v) is 6.89. The number of carboxylic acid groups (broad SMARTS) is 1. The molecule has 0 spiro atoms. The molecule has 1 aliphatic carbocycles. The average molecular weight is 255 g/mol. The normalized spacial score (nSPS) is 29.3. The van der Waals surface area contributed by atoms with Crippen LogP contribution in [0.2, 0.25) is 0 Å². The number of hydrogen-bond donors (Lipinski definition) is 2. The van der Waals surface area contributed by atoms with Gasteiger partial charge in [-0.3, -0.25) is 9.59 Å². The number of hydrogen-bond acceptors (Lipinski definition) is 2. The Hall–Kier alpha value is -1.06. The summed E-state index contributed by atoms with van der Waals surface area (Å²) in [6.45, 7) is 8.11. The van der Waals surface area contributed by atoms with Crippen LogP contribution in [0.5, 0.6) is 0 Å². The lowest BCUT2D eigenvalue weighted by atomic mass is 9.94. The predicted molar refractivity (Wildman–Crippen MR) is 70.1 cm³/mol. The van der Waals surface area contributed by atoms with Crippen molar-refractivity contribution in [1.82, 2.24) is 5.32 Å². The first kappa shape index (κ1) is 15.0. The predicted octanol–water partition coefficient (Wildman–Crippen LogP) is 2.28. The monoisotopic (exact) mass is 255 g/mol. The van der Waals surface area contributed by atoms with Crippen LogP contribution >= 0.6 is 0 Å². The first-order valence-electron chi connectivity index (χ1n) is 6.89. The molecular weight excluding hydrogens is 230 g/mol. The Morgan fingerprint density at radius 3 is 2.22 bits per heavy atom. The molecule has 0 aromatic heterocycles. The van der Waals surface area contributed by atoms with E-state index in [2.05, 4.69) is 12.2 Å². The molecule has 0 aromatic rings. The molecule has 0 aliphatic heterocycles. The molecule has 1 fully saturated rings. The average Bonchev–Trinajstić information content (AvgIpc) is 2.72. The molecule has 18 heavy (non-hydrogen) atoms. The van der Waals surface area contributed by atoms with Gasteiger partial charge in [0.2, 0.25) is 5.91 Å². The second kappa shape index (κ2) is 6.21. The second-order valence-electron chi connectivity index (χ2n) is 5.84. The third kappa shape index (κ3) is 3.47. The summed E-state index contributed by atoms with van der Waals surface area (Å²) in [6, 6.07) is 0.0904. The van der Waals surface area contributed by atoms with Gasteiger partial charge in [-0.15, -0.1) is 0 Å². The Bertz CT molecular complexity index is 314. The van der Waals surface area contributed by atoms with Crippen molar-refractivity contribution in [3.63, 3.8) is 0 Å². The Labute approximate surface area is 109 Å². The van der Waals surface area contributed by atoms with Crippen LogP contribution in [-0.4, -0.2) is 23.0 Å². The summed E-state index contributed by atoms with van der Waals surface area (Å²) in [4.78, 5) is 23.4. The van der Waals surface area contributed by atoms with Gasteiger partial charge in [-0.25, -0.2) is 0 Å². The molecule has 1 rings (SSSR count). The number of carboxylic acids is 1. The highest BCUT2D eigenvalue weighted by molar-refractivity contribution is 5.85. The lowest BCUT2D eigenvalue weighted by Gasteiger charge is -2.22. The van der Waals surface area contributed by atoms with Crippen LogP contribution in [0.4, 0.5) is 0 Å². The van der Waals surface area contributed by atoms with Gasteiger partial charge < -0.3 is 10.4 Å². The maximum Gasteiger partial charge on any atom is 0.307 e. The van der Waals surface area contributed by atoms with Crippen molar-refractivity contribution in [3.05, 3.63) is 0 Å². The maximum atomic E-state index is 12.2. The maximum absolute atomic E-state index is 12.2. The first-order chi connectivity index (χ1) is 8.36. The number of nitrogens with one attached hydrogen (secondary N) is 1. The van der Waals surface area contributed by atoms with Gasteiger partial charge in [0.1, 0.15) is 0 Å². The molecule has 4 atom stereocenters. The standard InChI is InChI=1S/C14H25NO3/c1-5-10-6-11(12(7-10)14(17)18)13(16)15-9(4)8(2)3/h8-12H,5-7H2,1-4H3,(H,15,16)(H,17,18)/t9?,10?,11-,12+/m0/s1. The van der Waals surface area contributed by atoms with Gasteiger partial charge in [-0.2, -0.15) is 0 Å². The van der Waals surface area contributed by atoms with E-state index in [-0.39, 0.29) is 17.9 Å². The zero-order valence-electron chi connectivity index (χ0n) is 11.8. The summed E-state index contributed by atoms with van der Waals surface area (Å²) in [5.41, 5.74) is 0. The molecule has 1 aliphatic rings. The molecule has 2 unspecified atom stereocenters. The van der Waals surface area contributed by atoms with Gasteiger partial charge in [-0.1, -0.05) is 27.2 Å². The van der Waals surface area contributed by atoms with Crippen LogP contribution in [0.15, 0.2) is 0 Å². The van der Waals surface area contributed by atoms with Crippen LogP contribution in [-0.2, 0) is 9.59 Å². The molecule has 0 radical (unpaired) electrons. The van der Waals surface area contributed by atoms with Crippen LogP contribution in [0.25, 0.3) is 0 Å². The van der Waals surface area contributed by atoms with Gasteiger partial charge in [0, 0.05) is 6.04 Å². The van der Waals surface area contributed by atoms with E-state index in [0.717, 1.165) is 6.42 Å². The molecule has 0 heterocycles. The summed E-state index contributed by atoms with van der Waals surface area (Å²) in [5.74, 6) is -1.04. The van der Waals surface area contributed by atoms with Gasteiger partial charge in [0.25, 0.3) is 0 Å². The van der Waals surface area contributed by atoms with Gasteiger partial charge in [0.05, 0.1) is 11.8 Å². The topological polar surface area (TPSA) is 66.4 Å². The number of carbonyl (C=O) groups is 2. The highest BCUT2D eigenvalue weighted by atomic mass is 16.4. The molecule has 0 saturated heterocycles. The molecule has 1 saturated carbocycles. The second-order valence-corrected chi connectivity index (χ2v) is 5.84. The zero-order chi connectivity index (χ0) is 13.9. The molecular formula is C14H25NO3. The van der Waals surface area contributed by atoms with Crippen molar-refractivity contribution in [1.29, 1.82) is 0 Å². The summed E-state index contributed by atoms with van der Waals surface area (Å²) >= 11 is 0. The third-order valence-electron chi connectivity index (χ3n) is 4.26. The molecule has 0 aromatic carbocycles. The minimum absolute atomic E-state index is 0.0837. The molecule has 4 heteroatoms. The highest BCUT2D eigenvalue weighted by Gasteiger charge is 2.42. The fourth-order valence-corrected chi connectivity index (χ4v) is 2.54. The van der Waals surface area contributed by atoms with Crippen molar-refractivity contribution in [2.75, 3.05) is 0 Å². The van der Waals surface area contributed by atoms with Gasteiger partial charge in [0.15, 0.2) is 0 Å². The fourth-order valence-electron chi connectivity index (χ4n) is 2.54. The van der Waals surface area contributed by atoms with E-state index in [1.54, 1.807) is 0 Å². The Kier molecular flexibility index (Phi) is 5.17. The van der Waals surface area contributed by atoms with Crippen LogP contribution in [0.1, 0.15) is 47.0 Å². The number of rotatable bonds is 5. The van der Waals surface area contributed by atoms with E-state index in [1.165, 1.54) is 0 Å². The Morgan fingerprint density at radius 1 is 1.22 bits per heavy atom. The van der Waals surface area contributed by atoms with E-state index in [4.69, 9.17) is 0 Å². The van der Waals surface area contributed by atoms with E-state index in [0.29, 0.717) is 24.7 Å². The van der Waals surface area contributed by atoms with E-state index in [1.807, 2.05) is 20.8 Å². The van der Waals surface area contributed by atoms with E-state index in [9.17, 15) is 14.7 Å². The largest absolute Gasteiger partial charge is 0.481 e. The number of amides is 1. The van der Waals surface area contributed by atoms with Crippen LogP contribution in [0.3, 0.4) is 0 Å². The molecule has 1 amide bonds. The van der Waals surface area contributed by atoms with E-state index >= 15 is 0 Å². The Balaban J connectivity index is 2.67. The van der Waals surface area contributed by atoms with E-state index < -0.39 is 11.9 Å². The lowest BCUT2D eigenvalue weighted by molar-refractivity contribution is -0.146. The minimum atomic E-state index is -0.830. The van der Waals surface area contributed by atoms with Crippen LogP contribution < -0.4 is 5.32 Å². The lowest BCUT2D eigenvalue weighted by Crippen LogP contribution is -2.42. The zero-order valence-corrected chi connectivity index (χ0v) is 11.8. The summed E-state index contributed by atoms with van der Waals surface area (Å²) in [5, 5.41) is 12.2. The highest BCUT2D eigenvalue weighted by Crippen LogP contribution is 2.38. The van der Waals surface area contributed by atoms with Crippen LogP contribution in [0, 0.1) is 23.7 Å². The Morgan fingerprint density at radius 2 is 1.78 bits per heavy atom. The summed E-state index contributed by atoms with van der Waals surface area (Å²) in [6.07, 6.45) is 2.30. The van der Waals surface area contributed by atoms with Gasteiger partial charge >= 0.3 is 5.97 Å².